The minimum atomic E-state index is -0.182. The average Bonchev–Trinajstić information content (AvgIpc) is 2.73. The minimum Gasteiger partial charge on any atom is -0.387 e. The van der Waals surface area contributed by atoms with Gasteiger partial charge in [0.05, 0.1) is 0 Å². The summed E-state index contributed by atoms with van der Waals surface area (Å²) in [4.78, 5) is 14.1. The van der Waals surface area contributed by atoms with Crippen molar-refractivity contribution in [1.29, 1.82) is 0 Å². The van der Waals surface area contributed by atoms with E-state index in [9.17, 15) is 4.39 Å². The zero-order valence-electron chi connectivity index (χ0n) is 18.2. The van der Waals surface area contributed by atoms with E-state index in [-0.39, 0.29) is 5.82 Å². The molecule has 0 amide bonds. The molecule has 0 saturated heterocycles. The van der Waals surface area contributed by atoms with Crippen LogP contribution in [0.3, 0.4) is 0 Å². The Morgan fingerprint density at radius 2 is 2.10 bits per heavy atom. The Morgan fingerprint density at radius 3 is 2.72 bits per heavy atom. The zero-order valence-corrected chi connectivity index (χ0v) is 18.2. The Morgan fingerprint density at radius 1 is 1.31 bits per heavy atom. The Balaban J connectivity index is 2.78. The van der Waals surface area contributed by atoms with E-state index < -0.39 is 0 Å². The van der Waals surface area contributed by atoms with Crippen LogP contribution < -0.4 is 10.8 Å². The fourth-order valence-electron chi connectivity index (χ4n) is 3.03. The van der Waals surface area contributed by atoms with Crippen LogP contribution in [0.4, 0.5) is 4.39 Å². The van der Waals surface area contributed by atoms with Crippen molar-refractivity contribution in [1.82, 2.24) is 10.8 Å². The van der Waals surface area contributed by atoms with E-state index in [4.69, 9.17) is 4.84 Å². The maximum absolute atomic E-state index is 13.4. The number of hydroxylamine groups is 1. The molecule has 0 saturated carbocycles. The van der Waals surface area contributed by atoms with Crippen molar-refractivity contribution in [2.45, 2.75) is 46.6 Å². The van der Waals surface area contributed by atoms with Gasteiger partial charge in [-0.25, -0.2) is 9.38 Å². The lowest BCUT2D eigenvalue weighted by Gasteiger charge is -2.17. The number of aliphatic imine (C=N–C) groups is 2. The molecule has 2 N–H and O–H groups in total. The molecular weight excluding hydrogens is 367 g/mol. The second-order valence-electron chi connectivity index (χ2n) is 6.74. The van der Waals surface area contributed by atoms with E-state index in [2.05, 4.69) is 34.4 Å². The summed E-state index contributed by atoms with van der Waals surface area (Å²) >= 11 is 0. The average molecular weight is 403 g/mol. The lowest BCUT2D eigenvalue weighted by molar-refractivity contribution is 0.207. The number of rotatable bonds is 13. The molecule has 0 aromatic heterocycles. The highest BCUT2D eigenvalue weighted by Crippen LogP contribution is 2.13. The van der Waals surface area contributed by atoms with Gasteiger partial charge < -0.3 is 10.2 Å². The quantitative estimate of drug-likeness (QED) is 0.219. The molecule has 5 nitrogen and oxygen atoms in total. The van der Waals surface area contributed by atoms with Gasteiger partial charge in [-0.15, -0.1) is 0 Å². The summed E-state index contributed by atoms with van der Waals surface area (Å²) < 4.78 is 13.4. The third-order valence-electron chi connectivity index (χ3n) is 4.52. The maximum atomic E-state index is 13.4. The summed E-state index contributed by atoms with van der Waals surface area (Å²) in [7, 11) is 1.69. The molecule has 0 heterocycles. The second kappa shape index (κ2) is 14.7. The molecule has 1 aromatic carbocycles. The number of nitrogens with one attached hydrogen (secondary N) is 2. The van der Waals surface area contributed by atoms with Gasteiger partial charge in [0.25, 0.3) is 5.90 Å². The van der Waals surface area contributed by atoms with Crippen molar-refractivity contribution in [3.63, 3.8) is 0 Å². The Bertz CT molecular complexity index is 713. The van der Waals surface area contributed by atoms with Crippen molar-refractivity contribution >= 4 is 12.6 Å². The number of hydrogen-bond donors (Lipinski definition) is 2. The normalized spacial score (nSPS) is 13.7. The number of aryl methyl sites for hydroxylation is 1. The first-order chi connectivity index (χ1) is 14.1. The van der Waals surface area contributed by atoms with Gasteiger partial charge in [-0.05, 0) is 61.7 Å². The molecule has 0 spiro atoms. The topological polar surface area (TPSA) is 58.0 Å². The summed E-state index contributed by atoms with van der Waals surface area (Å²) in [5.74, 6) is 0.598. The van der Waals surface area contributed by atoms with Gasteiger partial charge >= 0.3 is 0 Å². The molecule has 1 rings (SSSR count). The number of hydrogen-bond acceptors (Lipinski definition) is 5. The summed E-state index contributed by atoms with van der Waals surface area (Å²) in [6.45, 7) is 11.9. The Hall–Kier alpha value is -2.31. The Kier molecular flexibility index (Phi) is 12.5. The van der Waals surface area contributed by atoms with Crippen LogP contribution in [0.25, 0.3) is 0 Å². The zero-order chi connectivity index (χ0) is 21.5. The SMILES string of the molecule is C=N/C(=C\C=C/C)C(=NC[C@@H](CCC)CNCc1ccc(F)cc1CC)ONC. The predicted octanol–water partition coefficient (Wildman–Crippen LogP) is 4.60. The summed E-state index contributed by atoms with van der Waals surface area (Å²) in [6, 6.07) is 5.00. The molecule has 1 aromatic rings. The lowest BCUT2D eigenvalue weighted by atomic mass is 10.0. The smallest absolute Gasteiger partial charge is 0.259 e. The van der Waals surface area contributed by atoms with Crippen molar-refractivity contribution in [2.24, 2.45) is 15.9 Å². The molecular formula is C23H35FN4O. The molecule has 0 bridgehead atoms. The van der Waals surface area contributed by atoms with Crippen molar-refractivity contribution in [2.75, 3.05) is 20.1 Å². The highest BCUT2D eigenvalue weighted by atomic mass is 19.1. The minimum absolute atomic E-state index is 0.182. The molecule has 1 atom stereocenters. The van der Waals surface area contributed by atoms with Gasteiger partial charge in [-0.1, -0.05) is 38.5 Å². The van der Waals surface area contributed by atoms with E-state index in [1.807, 2.05) is 38.1 Å². The number of benzene rings is 1. The molecule has 0 aliphatic rings. The van der Waals surface area contributed by atoms with Gasteiger partial charge in [0.2, 0.25) is 0 Å². The van der Waals surface area contributed by atoms with Crippen molar-refractivity contribution in [3.8, 4) is 0 Å². The third-order valence-corrected chi connectivity index (χ3v) is 4.52. The highest BCUT2D eigenvalue weighted by molar-refractivity contribution is 5.94. The van der Waals surface area contributed by atoms with Crippen LogP contribution in [-0.4, -0.2) is 32.8 Å². The third kappa shape index (κ3) is 9.15. The molecule has 0 unspecified atom stereocenters. The van der Waals surface area contributed by atoms with Gasteiger partial charge in [0, 0.05) is 26.7 Å². The van der Waals surface area contributed by atoms with Gasteiger partial charge in [-0.3, -0.25) is 4.99 Å². The van der Waals surface area contributed by atoms with E-state index in [0.717, 1.165) is 36.9 Å². The number of allylic oxidation sites excluding steroid dienone is 3. The Labute approximate surface area is 174 Å². The van der Waals surface area contributed by atoms with E-state index in [1.165, 1.54) is 6.07 Å². The van der Waals surface area contributed by atoms with Crippen LogP contribution in [0, 0.1) is 11.7 Å². The van der Waals surface area contributed by atoms with E-state index in [1.54, 1.807) is 13.1 Å². The highest BCUT2D eigenvalue weighted by Gasteiger charge is 2.12. The molecule has 0 fully saturated rings. The first-order valence-electron chi connectivity index (χ1n) is 10.3. The molecule has 0 radical (unpaired) electrons. The van der Waals surface area contributed by atoms with Crippen LogP contribution in [-0.2, 0) is 17.8 Å². The number of halogens is 1. The van der Waals surface area contributed by atoms with Gasteiger partial charge in [0.1, 0.15) is 11.5 Å². The molecule has 6 heteroatoms. The molecule has 0 aliphatic carbocycles. The van der Waals surface area contributed by atoms with Crippen LogP contribution in [0.1, 0.15) is 44.7 Å². The van der Waals surface area contributed by atoms with E-state index >= 15 is 0 Å². The maximum Gasteiger partial charge on any atom is 0.259 e. The van der Waals surface area contributed by atoms with Gasteiger partial charge in [-0.2, -0.15) is 5.48 Å². The van der Waals surface area contributed by atoms with Crippen LogP contribution in [0.2, 0.25) is 0 Å². The lowest BCUT2D eigenvalue weighted by Crippen LogP contribution is -2.26. The molecule has 29 heavy (non-hydrogen) atoms. The summed E-state index contributed by atoms with van der Waals surface area (Å²) in [5.41, 5.74) is 5.43. The summed E-state index contributed by atoms with van der Waals surface area (Å²) in [5, 5.41) is 3.50. The van der Waals surface area contributed by atoms with Crippen LogP contribution >= 0.6 is 0 Å². The molecule has 160 valence electrons. The largest absolute Gasteiger partial charge is 0.387 e. The predicted molar refractivity (Wildman–Crippen MR) is 121 cm³/mol. The number of nitrogens with zero attached hydrogens (tertiary/aromatic N) is 2. The van der Waals surface area contributed by atoms with E-state index in [0.29, 0.717) is 30.6 Å². The monoisotopic (exact) mass is 402 g/mol. The second-order valence-corrected chi connectivity index (χ2v) is 6.74. The fourth-order valence-corrected chi connectivity index (χ4v) is 3.03. The van der Waals surface area contributed by atoms with Crippen LogP contribution in [0.15, 0.2) is 52.1 Å². The first-order valence-corrected chi connectivity index (χ1v) is 10.3. The standard InChI is InChI=1S/C23H35FN4O/c1-6-9-11-22(25-4)23(29-26-5)28-16-18(10-7-2)15-27-17-20-12-13-21(24)14-19(20)8-3/h6,9,11-14,18,26-27H,4,7-8,10,15-17H2,1-3,5H3/b9-6-,22-11-,28-23?/t18-/m0/s1. The first kappa shape index (κ1) is 24.7. The fraction of sp³-hybridized carbons (Fsp3) is 0.478. The van der Waals surface area contributed by atoms with Crippen LogP contribution in [0.5, 0.6) is 0 Å². The van der Waals surface area contributed by atoms with Gasteiger partial charge in [0.15, 0.2) is 0 Å². The van der Waals surface area contributed by atoms with Crippen molar-refractivity contribution < 1.29 is 9.23 Å². The molecule has 0 aliphatic heterocycles. The van der Waals surface area contributed by atoms with Crippen molar-refractivity contribution in [3.05, 3.63) is 59.1 Å². The summed E-state index contributed by atoms with van der Waals surface area (Å²) in [6.07, 6.45) is 8.53.